The van der Waals surface area contributed by atoms with Crippen molar-refractivity contribution in [3.63, 3.8) is 0 Å². The fraction of sp³-hybridized carbons (Fsp3) is 0.294. The van der Waals surface area contributed by atoms with Crippen LogP contribution >= 0.6 is 15.9 Å². The Labute approximate surface area is 132 Å². The van der Waals surface area contributed by atoms with Crippen molar-refractivity contribution in [2.24, 2.45) is 5.92 Å². The van der Waals surface area contributed by atoms with E-state index >= 15 is 0 Å². The molecule has 21 heavy (non-hydrogen) atoms. The van der Waals surface area contributed by atoms with Gasteiger partial charge in [0.05, 0.1) is 0 Å². The summed E-state index contributed by atoms with van der Waals surface area (Å²) in [4.78, 5) is 0. The quantitative estimate of drug-likeness (QED) is 0.813. The molecule has 0 bridgehead atoms. The number of hydrogen-bond acceptors (Lipinski definition) is 1. The molecular formula is C17H18BrF2N. The Balaban J connectivity index is 2.11. The van der Waals surface area contributed by atoms with E-state index in [1.807, 2.05) is 13.1 Å². The summed E-state index contributed by atoms with van der Waals surface area (Å²) in [7, 11) is 1.88. The van der Waals surface area contributed by atoms with E-state index in [1.165, 1.54) is 18.2 Å². The second kappa shape index (κ2) is 7.66. The van der Waals surface area contributed by atoms with Crippen molar-refractivity contribution in [3.8, 4) is 0 Å². The van der Waals surface area contributed by atoms with Crippen LogP contribution in [0.1, 0.15) is 11.1 Å². The van der Waals surface area contributed by atoms with Gasteiger partial charge in [0.25, 0.3) is 0 Å². The molecule has 0 aromatic heterocycles. The average molecular weight is 354 g/mol. The van der Waals surface area contributed by atoms with Crippen LogP contribution in [0.3, 0.4) is 0 Å². The van der Waals surface area contributed by atoms with E-state index in [2.05, 4.69) is 21.2 Å². The van der Waals surface area contributed by atoms with Crippen molar-refractivity contribution in [2.75, 3.05) is 13.6 Å². The largest absolute Gasteiger partial charge is 0.319 e. The molecule has 0 saturated heterocycles. The molecule has 0 spiro atoms. The Morgan fingerprint density at radius 3 is 2.43 bits per heavy atom. The fourth-order valence-corrected chi connectivity index (χ4v) is 2.88. The maximum atomic E-state index is 13.9. The van der Waals surface area contributed by atoms with Crippen LogP contribution in [0.5, 0.6) is 0 Å². The van der Waals surface area contributed by atoms with E-state index in [0.29, 0.717) is 12.0 Å². The predicted octanol–water partition coefficient (Wildman–Crippen LogP) is 4.35. The molecule has 0 saturated carbocycles. The van der Waals surface area contributed by atoms with Gasteiger partial charge < -0.3 is 5.32 Å². The molecule has 0 aliphatic heterocycles. The van der Waals surface area contributed by atoms with Crippen LogP contribution < -0.4 is 5.32 Å². The van der Waals surface area contributed by atoms with Crippen LogP contribution in [-0.4, -0.2) is 13.6 Å². The van der Waals surface area contributed by atoms with E-state index < -0.39 is 0 Å². The molecule has 0 amide bonds. The van der Waals surface area contributed by atoms with E-state index in [-0.39, 0.29) is 17.6 Å². The van der Waals surface area contributed by atoms with Crippen LogP contribution in [0.25, 0.3) is 0 Å². The predicted molar refractivity (Wildman–Crippen MR) is 85.3 cm³/mol. The highest BCUT2D eigenvalue weighted by molar-refractivity contribution is 9.10. The fourth-order valence-electron chi connectivity index (χ4n) is 2.47. The minimum Gasteiger partial charge on any atom is -0.319 e. The molecule has 0 heterocycles. The second-order valence-electron chi connectivity index (χ2n) is 5.19. The topological polar surface area (TPSA) is 12.0 Å². The van der Waals surface area contributed by atoms with Crippen LogP contribution in [0, 0.1) is 17.6 Å². The van der Waals surface area contributed by atoms with E-state index in [4.69, 9.17) is 0 Å². The van der Waals surface area contributed by atoms with Crippen LogP contribution in [0.15, 0.2) is 46.9 Å². The zero-order valence-electron chi connectivity index (χ0n) is 11.9. The lowest BCUT2D eigenvalue weighted by Gasteiger charge is -2.17. The molecule has 1 unspecified atom stereocenters. The monoisotopic (exact) mass is 353 g/mol. The summed E-state index contributed by atoms with van der Waals surface area (Å²) >= 11 is 3.38. The van der Waals surface area contributed by atoms with Gasteiger partial charge in [0, 0.05) is 4.47 Å². The van der Waals surface area contributed by atoms with Gasteiger partial charge in [0.2, 0.25) is 0 Å². The van der Waals surface area contributed by atoms with Gasteiger partial charge in [0.15, 0.2) is 0 Å². The summed E-state index contributed by atoms with van der Waals surface area (Å²) in [5.41, 5.74) is 1.76. The summed E-state index contributed by atoms with van der Waals surface area (Å²) in [6.45, 7) is 0.781. The Bertz CT molecular complexity index is 584. The smallest absolute Gasteiger partial charge is 0.126 e. The van der Waals surface area contributed by atoms with Gasteiger partial charge in [-0.15, -0.1) is 0 Å². The normalized spacial score (nSPS) is 12.4. The summed E-state index contributed by atoms with van der Waals surface area (Å²) in [6, 6.07) is 11.5. The lowest BCUT2D eigenvalue weighted by molar-refractivity contribution is 0.479. The van der Waals surface area contributed by atoms with Gasteiger partial charge in [-0.25, -0.2) is 8.78 Å². The van der Waals surface area contributed by atoms with Crippen LogP contribution in [0.4, 0.5) is 8.78 Å². The first kappa shape index (κ1) is 16.1. The van der Waals surface area contributed by atoms with Crippen molar-refractivity contribution in [2.45, 2.75) is 12.8 Å². The third kappa shape index (κ3) is 4.90. The second-order valence-corrected chi connectivity index (χ2v) is 6.11. The van der Waals surface area contributed by atoms with Crippen molar-refractivity contribution in [1.82, 2.24) is 5.32 Å². The molecule has 2 aromatic rings. The zero-order chi connectivity index (χ0) is 15.2. The van der Waals surface area contributed by atoms with E-state index in [0.717, 1.165) is 23.0 Å². The number of hydrogen-bond donors (Lipinski definition) is 1. The van der Waals surface area contributed by atoms with Crippen molar-refractivity contribution >= 4 is 15.9 Å². The minimum absolute atomic E-state index is 0.182. The average Bonchev–Trinajstić information content (AvgIpc) is 2.45. The highest BCUT2D eigenvalue weighted by Gasteiger charge is 2.13. The lowest BCUT2D eigenvalue weighted by atomic mass is 9.92. The number of benzene rings is 2. The summed E-state index contributed by atoms with van der Waals surface area (Å²) in [6.07, 6.45) is 1.43. The first-order valence-corrected chi connectivity index (χ1v) is 7.70. The molecule has 1 N–H and O–H groups in total. The van der Waals surface area contributed by atoms with Gasteiger partial charge in [-0.2, -0.15) is 0 Å². The molecule has 2 rings (SSSR count). The van der Waals surface area contributed by atoms with Gasteiger partial charge >= 0.3 is 0 Å². The van der Waals surface area contributed by atoms with Gasteiger partial charge in [-0.3, -0.25) is 0 Å². The molecule has 2 aromatic carbocycles. The third-order valence-corrected chi connectivity index (χ3v) is 3.94. The first-order chi connectivity index (χ1) is 10.1. The molecule has 0 fully saturated rings. The molecular weight excluding hydrogens is 336 g/mol. The highest BCUT2D eigenvalue weighted by atomic mass is 79.9. The van der Waals surface area contributed by atoms with Crippen LogP contribution in [-0.2, 0) is 12.8 Å². The van der Waals surface area contributed by atoms with E-state index in [1.54, 1.807) is 18.2 Å². The maximum absolute atomic E-state index is 13.9. The summed E-state index contributed by atoms with van der Waals surface area (Å²) in [5, 5.41) is 3.15. The maximum Gasteiger partial charge on any atom is 0.126 e. The van der Waals surface area contributed by atoms with Crippen molar-refractivity contribution < 1.29 is 8.78 Å². The Hall–Kier alpha value is -1.26. The van der Waals surface area contributed by atoms with E-state index in [9.17, 15) is 8.78 Å². The number of halogens is 3. The SMILES string of the molecule is CNCC(Cc1ccc(F)cc1)Cc1cc(Br)ccc1F. The van der Waals surface area contributed by atoms with Gasteiger partial charge in [0.1, 0.15) is 11.6 Å². The molecule has 112 valence electrons. The van der Waals surface area contributed by atoms with Crippen molar-refractivity contribution in [1.29, 1.82) is 0 Å². The standard InChI is InChI=1S/C17H18BrF2N/c1-21-11-13(8-12-2-5-16(19)6-3-12)9-14-10-15(18)4-7-17(14)20/h2-7,10,13,21H,8-9,11H2,1H3. The Morgan fingerprint density at radius 2 is 1.76 bits per heavy atom. The third-order valence-electron chi connectivity index (χ3n) is 3.45. The molecule has 1 atom stereocenters. The molecule has 0 aliphatic carbocycles. The Kier molecular flexibility index (Phi) is 5.88. The number of rotatable bonds is 6. The molecule has 1 nitrogen and oxygen atoms in total. The lowest BCUT2D eigenvalue weighted by Crippen LogP contribution is -2.23. The first-order valence-electron chi connectivity index (χ1n) is 6.91. The van der Waals surface area contributed by atoms with Crippen LogP contribution in [0.2, 0.25) is 0 Å². The summed E-state index contributed by atoms with van der Waals surface area (Å²) < 4.78 is 27.7. The van der Waals surface area contributed by atoms with Gasteiger partial charge in [-0.1, -0.05) is 28.1 Å². The molecule has 0 aliphatic rings. The van der Waals surface area contributed by atoms with Gasteiger partial charge in [-0.05, 0) is 73.8 Å². The summed E-state index contributed by atoms with van der Waals surface area (Å²) in [5.74, 6) is -0.162. The molecule has 4 heteroatoms. The van der Waals surface area contributed by atoms with Crippen molar-refractivity contribution in [3.05, 3.63) is 69.7 Å². The highest BCUT2D eigenvalue weighted by Crippen LogP contribution is 2.21. The zero-order valence-corrected chi connectivity index (χ0v) is 13.5. The molecule has 0 radical (unpaired) electrons. The Morgan fingerprint density at radius 1 is 1.05 bits per heavy atom. The number of nitrogens with one attached hydrogen (secondary N) is 1. The minimum atomic E-state index is -0.234.